The van der Waals surface area contributed by atoms with E-state index >= 15 is 0 Å². The second-order valence-corrected chi connectivity index (χ2v) is 3.57. The Morgan fingerprint density at radius 3 is 3.20 bits per heavy atom. The van der Waals surface area contributed by atoms with E-state index in [9.17, 15) is 9.59 Å². The van der Waals surface area contributed by atoms with Gasteiger partial charge >= 0.3 is 12.1 Å². The van der Waals surface area contributed by atoms with Gasteiger partial charge in [-0.1, -0.05) is 5.16 Å². The Bertz CT molecular complexity index is 326. The first kappa shape index (κ1) is 9.95. The van der Waals surface area contributed by atoms with E-state index in [0.29, 0.717) is 19.5 Å². The van der Waals surface area contributed by atoms with Gasteiger partial charge in [-0.25, -0.2) is 9.59 Å². The number of rotatable bonds is 0. The van der Waals surface area contributed by atoms with Gasteiger partial charge in [-0.05, 0) is 12.8 Å². The zero-order chi connectivity index (χ0) is 10.8. The van der Waals surface area contributed by atoms with Crippen LogP contribution in [0.15, 0.2) is 5.16 Å². The van der Waals surface area contributed by atoms with Crippen molar-refractivity contribution in [2.24, 2.45) is 11.1 Å². The highest BCUT2D eigenvalue weighted by molar-refractivity contribution is 6.05. The molecule has 15 heavy (non-hydrogen) atoms. The van der Waals surface area contributed by atoms with Crippen LogP contribution in [-0.2, 0) is 14.4 Å². The summed E-state index contributed by atoms with van der Waals surface area (Å²) in [5, 5.41) is 3.71. The molecule has 0 radical (unpaired) electrons. The average molecular weight is 212 g/mol. The highest BCUT2D eigenvalue weighted by Crippen LogP contribution is 2.21. The zero-order valence-electron chi connectivity index (χ0n) is 8.43. The Kier molecular flexibility index (Phi) is 2.57. The third-order valence-corrected chi connectivity index (χ3v) is 2.64. The van der Waals surface area contributed by atoms with Crippen molar-refractivity contribution in [2.75, 3.05) is 20.2 Å². The summed E-state index contributed by atoms with van der Waals surface area (Å²) >= 11 is 0. The zero-order valence-corrected chi connectivity index (χ0v) is 8.43. The molecule has 0 saturated carbocycles. The van der Waals surface area contributed by atoms with Crippen molar-refractivity contribution in [1.29, 1.82) is 0 Å². The molecule has 0 aromatic heterocycles. The normalized spacial score (nSPS) is 25.1. The van der Waals surface area contributed by atoms with Crippen LogP contribution >= 0.6 is 0 Å². The quantitative estimate of drug-likeness (QED) is 0.544. The largest absolute Gasteiger partial charge is 0.453 e. The molecule has 82 valence electrons. The third kappa shape index (κ3) is 1.79. The van der Waals surface area contributed by atoms with E-state index in [1.807, 2.05) is 0 Å². The smallest absolute Gasteiger partial charge is 0.409 e. The van der Waals surface area contributed by atoms with Crippen molar-refractivity contribution in [3.05, 3.63) is 0 Å². The molecule has 0 bridgehead atoms. The number of ether oxygens (including phenoxy) is 1. The van der Waals surface area contributed by atoms with Gasteiger partial charge in [0.25, 0.3) is 0 Å². The maximum atomic E-state index is 11.3. The second-order valence-electron chi connectivity index (χ2n) is 3.57. The maximum Gasteiger partial charge on any atom is 0.409 e. The molecule has 0 aromatic rings. The molecule has 2 heterocycles. The predicted molar refractivity (Wildman–Crippen MR) is 50.2 cm³/mol. The topological polar surface area (TPSA) is 68.2 Å². The Balaban J connectivity index is 2.11. The number of oxime groups is 1. The van der Waals surface area contributed by atoms with Gasteiger partial charge < -0.3 is 14.5 Å². The fraction of sp³-hybridized carbons (Fsp3) is 0.667. The molecule has 1 fully saturated rings. The van der Waals surface area contributed by atoms with Crippen molar-refractivity contribution in [1.82, 2.24) is 4.90 Å². The van der Waals surface area contributed by atoms with E-state index in [-0.39, 0.29) is 5.97 Å². The van der Waals surface area contributed by atoms with Gasteiger partial charge in [0, 0.05) is 13.1 Å². The van der Waals surface area contributed by atoms with E-state index in [1.165, 1.54) is 12.0 Å². The summed E-state index contributed by atoms with van der Waals surface area (Å²) in [6.07, 6.45) is 1.07. The van der Waals surface area contributed by atoms with Crippen LogP contribution in [0.3, 0.4) is 0 Å². The van der Waals surface area contributed by atoms with Crippen LogP contribution in [0.1, 0.15) is 12.8 Å². The van der Waals surface area contributed by atoms with Crippen molar-refractivity contribution < 1.29 is 19.2 Å². The molecule has 0 N–H and O–H groups in total. The first-order valence-corrected chi connectivity index (χ1v) is 4.83. The predicted octanol–water partition coefficient (Wildman–Crippen LogP) is 0.378. The van der Waals surface area contributed by atoms with E-state index in [1.54, 1.807) is 0 Å². The van der Waals surface area contributed by atoms with Gasteiger partial charge in [-0.2, -0.15) is 0 Å². The van der Waals surface area contributed by atoms with E-state index in [4.69, 9.17) is 0 Å². The number of hydrogen-bond acceptors (Lipinski definition) is 5. The summed E-state index contributed by atoms with van der Waals surface area (Å²) in [5.74, 6) is -0.771. The molecule has 0 spiro atoms. The van der Waals surface area contributed by atoms with E-state index < -0.39 is 12.0 Å². The molecular formula is C9H12N2O4. The molecule has 1 saturated heterocycles. The first-order chi connectivity index (χ1) is 7.22. The SMILES string of the molecule is COC(=O)N1CCCC2=NOC(=O)C2C1. The van der Waals surface area contributed by atoms with Gasteiger partial charge in [-0.3, -0.25) is 0 Å². The Morgan fingerprint density at radius 1 is 1.67 bits per heavy atom. The Morgan fingerprint density at radius 2 is 2.47 bits per heavy atom. The van der Waals surface area contributed by atoms with Crippen LogP contribution in [0.25, 0.3) is 0 Å². The lowest BCUT2D eigenvalue weighted by Crippen LogP contribution is -2.37. The van der Waals surface area contributed by atoms with Crippen LogP contribution in [0.4, 0.5) is 4.79 Å². The van der Waals surface area contributed by atoms with Crippen LogP contribution < -0.4 is 0 Å². The molecule has 2 aliphatic heterocycles. The number of methoxy groups -OCH3 is 1. The highest BCUT2D eigenvalue weighted by Gasteiger charge is 2.37. The number of hydrogen-bond donors (Lipinski definition) is 0. The van der Waals surface area contributed by atoms with Crippen molar-refractivity contribution in [3.63, 3.8) is 0 Å². The van der Waals surface area contributed by atoms with Crippen LogP contribution in [0.2, 0.25) is 0 Å². The fourth-order valence-electron chi connectivity index (χ4n) is 1.82. The molecule has 0 aromatic carbocycles. The number of amides is 1. The highest BCUT2D eigenvalue weighted by atomic mass is 16.7. The first-order valence-electron chi connectivity index (χ1n) is 4.83. The van der Waals surface area contributed by atoms with Gasteiger partial charge in [-0.15, -0.1) is 0 Å². The summed E-state index contributed by atoms with van der Waals surface area (Å²) in [4.78, 5) is 28.7. The third-order valence-electron chi connectivity index (χ3n) is 2.64. The van der Waals surface area contributed by atoms with Gasteiger partial charge in [0.1, 0.15) is 5.92 Å². The molecular weight excluding hydrogens is 200 g/mol. The summed E-state index contributed by atoms with van der Waals surface area (Å²) in [5.41, 5.74) is 0.742. The molecule has 0 aliphatic carbocycles. The molecule has 6 nitrogen and oxygen atoms in total. The molecule has 1 amide bonds. The molecule has 6 heteroatoms. The van der Waals surface area contributed by atoms with Gasteiger partial charge in [0.15, 0.2) is 0 Å². The van der Waals surface area contributed by atoms with Gasteiger partial charge in [0.2, 0.25) is 0 Å². The number of nitrogens with zero attached hydrogens (tertiary/aromatic N) is 2. The van der Waals surface area contributed by atoms with Crippen LogP contribution in [0, 0.1) is 5.92 Å². The summed E-state index contributed by atoms with van der Waals surface area (Å²) in [6.45, 7) is 0.903. The van der Waals surface area contributed by atoms with Crippen LogP contribution in [0.5, 0.6) is 0 Å². The minimum atomic E-state index is -0.407. The van der Waals surface area contributed by atoms with Crippen molar-refractivity contribution >= 4 is 17.8 Å². The lowest BCUT2D eigenvalue weighted by atomic mass is 10.0. The summed E-state index contributed by atoms with van der Waals surface area (Å²) in [6, 6.07) is 0. The number of carbonyl (C=O) groups is 2. The minimum absolute atomic E-state index is 0.310. The lowest BCUT2D eigenvalue weighted by Gasteiger charge is -2.19. The minimum Gasteiger partial charge on any atom is -0.453 e. The number of fused-ring (bicyclic) bond motifs is 1. The lowest BCUT2D eigenvalue weighted by molar-refractivity contribution is -0.143. The monoisotopic (exact) mass is 212 g/mol. The van der Waals surface area contributed by atoms with E-state index in [0.717, 1.165) is 12.1 Å². The number of carbonyl (C=O) groups excluding carboxylic acids is 2. The summed E-state index contributed by atoms with van der Waals surface area (Å²) < 4.78 is 4.62. The molecule has 2 aliphatic rings. The molecule has 2 rings (SSSR count). The molecule has 1 atom stereocenters. The maximum absolute atomic E-state index is 11.3. The second kappa shape index (κ2) is 3.88. The van der Waals surface area contributed by atoms with E-state index in [2.05, 4.69) is 14.7 Å². The van der Waals surface area contributed by atoms with Crippen molar-refractivity contribution in [2.45, 2.75) is 12.8 Å². The van der Waals surface area contributed by atoms with Crippen molar-refractivity contribution in [3.8, 4) is 0 Å². The standard InChI is InChI=1S/C9H12N2O4/c1-14-9(13)11-4-2-3-7-6(5-11)8(12)15-10-7/h6H,2-5H2,1H3. The van der Waals surface area contributed by atoms with Gasteiger partial charge in [0.05, 0.1) is 12.8 Å². The number of likely N-dealkylation sites (tertiary alicyclic amines) is 1. The summed E-state index contributed by atoms with van der Waals surface area (Å²) in [7, 11) is 1.33. The van der Waals surface area contributed by atoms with Crippen LogP contribution in [-0.4, -0.2) is 42.9 Å². The molecule has 1 unspecified atom stereocenters. The Hall–Kier alpha value is -1.59. The fourth-order valence-corrected chi connectivity index (χ4v) is 1.82. The Labute approximate surface area is 86.8 Å². The average Bonchev–Trinajstić information content (AvgIpc) is 2.50.